The molecule has 0 spiro atoms. The Morgan fingerprint density at radius 3 is 2.05 bits per heavy atom. The van der Waals surface area contributed by atoms with E-state index in [9.17, 15) is 0 Å². The zero-order valence-electron chi connectivity index (χ0n) is 22.5. The van der Waals surface area contributed by atoms with E-state index in [1.807, 2.05) is 30.3 Å². The standard InChI is InChI=1S/C38H27N3/c1-3-11-27(12-4-1)31-15-7-8-16-32(31)28-21-19-26(20-22-28)29-23-24-36-33(25-29)37-38(41(36)30-13-5-2-6-14-30)40-35-18-10-9-17-34(35)39-37/h1-14,16-25,31H,15H2. The highest BCUT2D eigenvalue weighted by atomic mass is 15.1. The molecule has 3 heteroatoms. The van der Waals surface area contributed by atoms with Crippen molar-refractivity contribution in [1.82, 2.24) is 14.5 Å². The van der Waals surface area contributed by atoms with Gasteiger partial charge in [-0.2, -0.15) is 0 Å². The van der Waals surface area contributed by atoms with E-state index >= 15 is 0 Å². The number of hydrogen-bond donors (Lipinski definition) is 0. The predicted octanol–water partition coefficient (Wildman–Crippen LogP) is 9.52. The van der Waals surface area contributed by atoms with E-state index in [1.165, 1.54) is 27.8 Å². The number of benzene rings is 5. The summed E-state index contributed by atoms with van der Waals surface area (Å²) in [5.41, 5.74) is 12.1. The summed E-state index contributed by atoms with van der Waals surface area (Å²) in [5, 5.41) is 1.10. The molecule has 1 unspecified atom stereocenters. The van der Waals surface area contributed by atoms with Gasteiger partial charge in [-0.05, 0) is 70.6 Å². The molecule has 3 nitrogen and oxygen atoms in total. The summed E-state index contributed by atoms with van der Waals surface area (Å²) < 4.78 is 2.23. The van der Waals surface area contributed by atoms with Crippen LogP contribution in [0.3, 0.4) is 0 Å². The van der Waals surface area contributed by atoms with Crippen molar-refractivity contribution in [3.05, 3.63) is 157 Å². The summed E-state index contributed by atoms with van der Waals surface area (Å²) in [6, 6.07) is 45.1. The van der Waals surface area contributed by atoms with Crippen molar-refractivity contribution in [1.29, 1.82) is 0 Å². The second-order valence-corrected chi connectivity index (χ2v) is 10.6. The predicted molar refractivity (Wildman–Crippen MR) is 170 cm³/mol. The molecular formula is C38H27N3. The van der Waals surface area contributed by atoms with Gasteiger partial charge in [0.15, 0.2) is 5.65 Å². The lowest BCUT2D eigenvalue weighted by molar-refractivity contribution is 0.874. The van der Waals surface area contributed by atoms with Crippen LogP contribution in [-0.2, 0) is 0 Å². The second kappa shape index (κ2) is 9.72. The van der Waals surface area contributed by atoms with Crippen LogP contribution in [0, 0.1) is 0 Å². The minimum atomic E-state index is 0.376. The number of para-hydroxylation sites is 3. The summed E-state index contributed by atoms with van der Waals surface area (Å²) in [4.78, 5) is 10.2. The molecule has 0 bridgehead atoms. The first-order valence-electron chi connectivity index (χ1n) is 14.1. The molecule has 2 aromatic heterocycles. The van der Waals surface area contributed by atoms with Gasteiger partial charge >= 0.3 is 0 Å². The van der Waals surface area contributed by atoms with Gasteiger partial charge in [0.1, 0.15) is 5.52 Å². The van der Waals surface area contributed by atoms with E-state index in [2.05, 4.69) is 120 Å². The Morgan fingerprint density at radius 1 is 0.610 bits per heavy atom. The van der Waals surface area contributed by atoms with Crippen LogP contribution in [0.15, 0.2) is 146 Å². The first kappa shape index (κ1) is 23.6. The maximum atomic E-state index is 5.10. The van der Waals surface area contributed by atoms with E-state index in [4.69, 9.17) is 9.97 Å². The van der Waals surface area contributed by atoms with Gasteiger partial charge in [-0.3, -0.25) is 4.57 Å². The highest BCUT2D eigenvalue weighted by molar-refractivity contribution is 6.09. The molecule has 0 fully saturated rings. The molecule has 5 aromatic carbocycles. The highest BCUT2D eigenvalue weighted by Crippen LogP contribution is 2.39. The van der Waals surface area contributed by atoms with Crippen LogP contribution < -0.4 is 0 Å². The Bertz CT molecular complexity index is 2100. The Kier molecular flexibility index (Phi) is 5.60. The molecule has 7 aromatic rings. The quantitative estimate of drug-likeness (QED) is 0.229. The minimum Gasteiger partial charge on any atom is -0.293 e. The molecule has 0 saturated carbocycles. The molecular weight excluding hydrogens is 498 g/mol. The third-order valence-electron chi connectivity index (χ3n) is 8.18. The van der Waals surface area contributed by atoms with Crippen molar-refractivity contribution in [2.75, 3.05) is 0 Å². The molecule has 0 radical (unpaired) electrons. The molecule has 1 aliphatic rings. The molecule has 0 amide bonds. The van der Waals surface area contributed by atoms with Gasteiger partial charge in [-0.15, -0.1) is 0 Å². The largest absolute Gasteiger partial charge is 0.293 e. The first-order valence-corrected chi connectivity index (χ1v) is 14.1. The zero-order valence-corrected chi connectivity index (χ0v) is 22.5. The number of hydrogen-bond acceptors (Lipinski definition) is 2. The van der Waals surface area contributed by atoms with Crippen molar-refractivity contribution >= 4 is 38.7 Å². The fraction of sp³-hybridized carbons (Fsp3) is 0.0526. The molecule has 194 valence electrons. The van der Waals surface area contributed by atoms with Gasteiger partial charge in [0, 0.05) is 17.0 Å². The van der Waals surface area contributed by atoms with Gasteiger partial charge in [-0.1, -0.05) is 109 Å². The molecule has 0 N–H and O–H groups in total. The third-order valence-corrected chi connectivity index (χ3v) is 8.18. The van der Waals surface area contributed by atoms with Crippen molar-refractivity contribution < 1.29 is 0 Å². The molecule has 8 rings (SSSR count). The van der Waals surface area contributed by atoms with E-state index in [1.54, 1.807) is 0 Å². The van der Waals surface area contributed by atoms with E-state index in [-0.39, 0.29) is 0 Å². The van der Waals surface area contributed by atoms with E-state index in [0.717, 1.165) is 45.2 Å². The highest BCUT2D eigenvalue weighted by Gasteiger charge is 2.20. The van der Waals surface area contributed by atoms with Gasteiger partial charge in [0.05, 0.1) is 16.6 Å². The second-order valence-electron chi connectivity index (χ2n) is 10.6. The lowest BCUT2D eigenvalue weighted by atomic mass is 9.81. The van der Waals surface area contributed by atoms with Crippen molar-refractivity contribution in [2.45, 2.75) is 12.3 Å². The van der Waals surface area contributed by atoms with Gasteiger partial charge in [0.2, 0.25) is 0 Å². The van der Waals surface area contributed by atoms with Crippen LogP contribution in [0.2, 0.25) is 0 Å². The third kappa shape index (κ3) is 4.06. The van der Waals surface area contributed by atoms with E-state index in [0.29, 0.717) is 5.92 Å². The maximum Gasteiger partial charge on any atom is 0.165 e. The monoisotopic (exact) mass is 525 g/mol. The van der Waals surface area contributed by atoms with Gasteiger partial charge in [-0.25, -0.2) is 9.97 Å². The summed E-state index contributed by atoms with van der Waals surface area (Å²) in [5.74, 6) is 0.376. The summed E-state index contributed by atoms with van der Waals surface area (Å²) in [6.07, 6.45) is 7.74. The first-order chi connectivity index (χ1) is 20.3. The SMILES string of the molecule is C1=CCC(c2ccccc2)C(c2ccc(-c3ccc4c(c3)c3nc5ccccc5nc3n4-c3ccccc3)cc2)=C1. The lowest BCUT2D eigenvalue weighted by Crippen LogP contribution is -2.03. The van der Waals surface area contributed by atoms with Crippen LogP contribution in [-0.4, -0.2) is 14.5 Å². The summed E-state index contributed by atoms with van der Waals surface area (Å²) >= 11 is 0. The minimum absolute atomic E-state index is 0.376. The number of aromatic nitrogens is 3. The van der Waals surface area contributed by atoms with Crippen molar-refractivity contribution in [3.8, 4) is 16.8 Å². The average molecular weight is 526 g/mol. The van der Waals surface area contributed by atoms with E-state index < -0.39 is 0 Å². The molecule has 0 saturated heterocycles. The summed E-state index contributed by atoms with van der Waals surface area (Å²) in [6.45, 7) is 0. The normalized spacial score (nSPS) is 15.0. The molecule has 0 aliphatic heterocycles. The number of fused-ring (bicyclic) bond motifs is 4. The Hall–Kier alpha value is -5.28. The fourth-order valence-corrected chi connectivity index (χ4v) is 6.16. The van der Waals surface area contributed by atoms with Crippen molar-refractivity contribution in [3.63, 3.8) is 0 Å². The molecule has 1 aliphatic carbocycles. The molecule has 41 heavy (non-hydrogen) atoms. The van der Waals surface area contributed by atoms with Gasteiger partial charge < -0.3 is 0 Å². The smallest absolute Gasteiger partial charge is 0.165 e. The topological polar surface area (TPSA) is 30.7 Å². The number of nitrogens with zero attached hydrogens (tertiary/aromatic N) is 3. The van der Waals surface area contributed by atoms with Gasteiger partial charge in [0.25, 0.3) is 0 Å². The molecule has 1 atom stereocenters. The Labute approximate surface area is 238 Å². The Morgan fingerprint density at radius 2 is 1.27 bits per heavy atom. The van der Waals surface area contributed by atoms with Crippen LogP contribution in [0.1, 0.15) is 23.5 Å². The van der Waals surface area contributed by atoms with Crippen LogP contribution in [0.25, 0.3) is 55.5 Å². The maximum absolute atomic E-state index is 5.10. The van der Waals surface area contributed by atoms with Crippen LogP contribution in [0.5, 0.6) is 0 Å². The van der Waals surface area contributed by atoms with Crippen LogP contribution in [0.4, 0.5) is 0 Å². The van der Waals surface area contributed by atoms with Crippen LogP contribution >= 0.6 is 0 Å². The fourth-order valence-electron chi connectivity index (χ4n) is 6.16. The number of allylic oxidation sites excluding steroid dienone is 4. The zero-order chi connectivity index (χ0) is 27.2. The average Bonchev–Trinajstić information content (AvgIpc) is 3.37. The molecule has 2 heterocycles. The Balaban J connectivity index is 1.24. The lowest BCUT2D eigenvalue weighted by Gasteiger charge is -2.22. The summed E-state index contributed by atoms with van der Waals surface area (Å²) in [7, 11) is 0. The van der Waals surface area contributed by atoms with Crippen molar-refractivity contribution in [2.24, 2.45) is 0 Å². The number of rotatable bonds is 4.